The van der Waals surface area contributed by atoms with Crippen LogP contribution in [0.5, 0.6) is 0 Å². The maximum absolute atomic E-state index is 9.37. The first-order chi connectivity index (χ1) is 3.27. The van der Waals surface area contributed by atoms with Gasteiger partial charge in [-0.2, -0.15) is 0 Å². The summed E-state index contributed by atoms with van der Waals surface area (Å²) >= 11 is 0. The summed E-state index contributed by atoms with van der Waals surface area (Å²) in [6, 6.07) is 0. The first-order valence-electron chi connectivity index (χ1n) is 1.33. The van der Waals surface area contributed by atoms with Crippen molar-refractivity contribution >= 4 is 12.2 Å². The van der Waals surface area contributed by atoms with Gasteiger partial charge in [-0.05, 0) is 0 Å². The molecule has 0 aromatic carbocycles. The Hall–Kier alpha value is -1.35. The van der Waals surface area contributed by atoms with E-state index in [-0.39, 0.29) is 0 Å². The molecule has 2 N–H and O–H groups in total. The number of nitrogens with zero attached hydrogens (tertiary/aromatic N) is 1. The highest BCUT2D eigenvalue weighted by Crippen LogP contribution is 1.54. The predicted octanol–water partition coefficient (Wildman–Crippen LogP) is -0.495. The van der Waals surface area contributed by atoms with Crippen molar-refractivity contribution < 1.29 is 14.7 Å². The van der Waals surface area contributed by atoms with Crippen molar-refractivity contribution in [3.8, 4) is 0 Å². The average molecular weight is 102 g/mol. The molecular formula is C2H2N2O3. The third-order valence-corrected chi connectivity index (χ3v) is 0.197. The molecular weight excluding hydrogens is 100 g/mol. The normalized spacial score (nSPS) is 6.29. The second-order valence-electron chi connectivity index (χ2n) is 0.620. The number of carboxylic acid groups (broad SMARTS) is 1. The largest absolute Gasteiger partial charge is 0.464 e. The molecule has 0 fully saturated rings. The van der Waals surface area contributed by atoms with Gasteiger partial charge in [-0.25, -0.2) is 15.0 Å². The molecule has 7 heavy (non-hydrogen) atoms. The number of nitrogens with one attached hydrogen (secondary N) is 1. The molecule has 5 nitrogen and oxygen atoms in total. The van der Waals surface area contributed by atoms with Gasteiger partial charge in [0.05, 0.1) is 0 Å². The average Bonchev–Trinajstić information content (AvgIpc) is 1.61. The van der Waals surface area contributed by atoms with Crippen LogP contribution in [0.15, 0.2) is 5.10 Å². The van der Waals surface area contributed by atoms with Gasteiger partial charge in [0.15, 0.2) is 0 Å². The number of hydrogen-bond donors (Lipinski definition) is 2. The highest BCUT2D eigenvalue weighted by Gasteiger charge is 1.83. The Labute approximate surface area is 38.6 Å². The highest BCUT2D eigenvalue weighted by atomic mass is 16.4. The van der Waals surface area contributed by atoms with Gasteiger partial charge >= 0.3 is 6.09 Å². The maximum atomic E-state index is 9.37. The lowest BCUT2D eigenvalue weighted by Gasteiger charge is -1.79. The number of carbonyl (C=O) groups excluding carboxylic acids is 1. The predicted molar refractivity (Wildman–Crippen MR) is 19.3 cm³/mol. The summed E-state index contributed by atoms with van der Waals surface area (Å²) in [7, 11) is 0. The van der Waals surface area contributed by atoms with Crippen LogP contribution in [0.2, 0.25) is 0 Å². The van der Waals surface area contributed by atoms with E-state index >= 15 is 0 Å². The van der Waals surface area contributed by atoms with E-state index in [1.807, 2.05) is 0 Å². The van der Waals surface area contributed by atoms with Crippen LogP contribution < -0.4 is 5.43 Å². The van der Waals surface area contributed by atoms with E-state index in [9.17, 15) is 4.79 Å². The van der Waals surface area contributed by atoms with Crippen molar-refractivity contribution in [1.82, 2.24) is 5.43 Å². The van der Waals surface area contributed by atoms with Gasteiger partial charge in [-0.15, -0.1) is 0 Å². The van der Waals surface area contributed by atoms with Gasteiger partial charge in [-0.3, -0.25) is 0 Å². The quantitative estimate of drug-likeness (QED) is 0.266. The van der Waals surface area contributed by atoms with Crippen molar-refractivity contribution in [3.05, 3.63) is 0 Å². The number of isocyanates is 1. The first-order valence-corrected chi connectivity index (χ1v) is 1.33. The van der Waals surface area contributed by atoms with Crippen LogP contribution in [-0.4, -0.2) is 17.3 Å². The molecule has 0 atom stereocenters. The minimum absolute atomic E-state index is 0.982. The minimum Gasteiger partial charge on any atom is -0.464 e. The van der Waals surface area contributed by atoms with Crippen molar-refractivity contribution in [2.24, 2.45) is 5.10 Å². The number of hydrazone groups is 1. The Bertz CT molecular complexity index is 114. The molecule has 0 aromatic heterocycles. The van der Waals surface area contributed by atoms with Crippen molar-refractivity contribution in [2.75, 3.05) is 0 Å². The summed E-state index contributed by atoms with van der Waals surface area (Å²) in [4.78, 5) is 18.5. The van der Waals surface area contributed by atoms with Crippen molar-refractivity contribution in [1.29, 1.82) is 0 Å². The summed E-state index contributed by atoms with van der Waals surface area (Å²) in [6.45, 7) is 0. The second kappa shape index (κ2) is 2.87. The molecule has 0 aliphatic carbocycles. The smallest absolute Gasteiger partial charge is 0.425 e. The van der Waals surface area contributed by atoms with E-state index in [0.717, 1.165) is 6.08 Å². The van der Waals surface area contributed by atoms with E-state index in [2.05, 4.69) is 5.10 Å². The molecule has 0 aromatic rings. The van der Waals surface area contributed by atoms with Gasteiger partial charge in [-0.1, -0.05) is 5.10 Å². The highest BCUT2D eigenvalue weighted by molar-refractivity contribution is 5.64. The topological polar surface area (TPSA) is 78.8 Å². The van der Waals surface area contributed by atoms with Crippen LogP contribution in [0.4, 0.5) is 4.79 Å². The van der Waals surface area contributed by atoms with E-state index in [1.165, 1.54) is 5.43 Å². The third kappa shape index (κ3) is 4.65. The summed E-state index contributed by atoms with van der Waals surface area (Å²) in [5.74, 6) is 0. The Morgan fingerprint density at radius 1 is 1.86 bits per heavy atom. The molecule has 5 heteroatoms. The number of amides is 1. The fourth-order valence-electron chi connectivity index (χ4n) is 0.0706. The summed E-state index contributed by atoms with van der Waals surface area (Å²) in [5.41, 5.74) is 1.41. The van der Waals surface area contributed by atoms with E-state index in [0.29, 0.717) is 0 Å². The first kappa shape index (κ1) is 5.65. The third-order valence-electron chi connectivity index (χ3n) is 0.197. The Balaban J connectivity index is 3.32. The zero-order valence-corrected chi connectivity index (χ0v) is 3.21. The lowest BCUT2D eigenvalue weighted by molar-refractivity contribution is 0.195. The van der Waals surface area contributed by atoms with E-state index < -0.39 is 6.09 Å². The fourth-order valence-corrected chi connectivity index (χ4v) is 0.0706. The summed E-state index contributed by atoms with van der Waals surface area (Å²) in [6.07, 6.45) is -0.390. The molecule has 38 valence electrons. The van der Waals surface area contributed by atoms with Gasteiger partial charge in [0, 0.05) is 0 Å². The van der Waals surface area contributed by atoms with Gasteiger partial charge < -0.3 is 5.11 Å². The summed E-state index contributed by atoms with van der Waals surface area (Å²) < 4.78 is 0. The minimum atomic E-state index is -1.37. The molecule has 0 bridgehead atoms. The molecule has 0 rings (SSSR count). The van der Waals surface area contributed by atoms with Crippen LogP contribution in [0.25, 0.3) is 0 Å². The lowest BCUT2D eigenvalue weighted by Crippen LogP contribution is -2.12. The van der Waals surface area contributed by atoms with Crippen LogP contribution in [0.1, 0.15) is 0 Å². The number of hydrogen-bond acceptors (Lipinski definition) is 3. The lowest BCUT2D eigenvalue weighted by atomic mass is 11.3. The number of rotatable bonds is 1. The van der Waals surface area contributed by atoms with Crippen LogP contribution >= 0.6 is 0 Å². The van der Waals surface area contributed by atoms with Gasteiger partial charge in [0.1, 0.15) is 0 Å². The maximum Gasteiger partial charge on any atom is 0.425 e. The molecule has 0 aliphatic rings. The van der Waals surface area contributed by atoms with Crippen LogP contribution in [-0.2, 0) is 4.79 Å². The molecule has 0 heterocycles. The molecule has 0 radical (unpaired) electrons. The monoisotopic (exact) mass is 102 g/mol. The zero-order chi connectivity index (χ0) is 5.70. The molecule has 0 saturated carbocycles. The van der Waals surface area contributed by atoms with Crippen molar-refractivity contribution in [2.45, 2.75) is 0 Å². The van der Waals surface area contributed by atoms with E-state index in [1.54, 1.807) is 0 Å². The molecule has 0 saturated heterocycles. The second-order valence-corrected chi connectivity index (χ2v) is 0.620. The molecule has 1 amide bonds. The molecule has 0 spiro atoms. The van der Waals surface area contributed by atoms with Gasteiger partial charge in [0.25, 0.3) is 6.08 Å². The Morgan fingerprint density at radius 3 is 2.57 bits per heavy atom. The standard InChI is InChI=1S/C2H2N2O3/c5-1-3-4-2(6)7/h4H,(H,6,7). The SMILES string of the molecule is O=C=NNC(=O)O. The Kier molecular flexibility index (Phi) is 2.31. The van der Waals surface area contributed by atoms with E-state index in [4.69, 9.17) is 9.90 Å². The van der Waals surface area contributed by atoms with Crippen LogP contribution in [0, 0.1) is 0 Å². The molecule has 0 aliphatic heterocycles. The number of carbonyl (C=O) groups is 1. The Morgan fingerprint density at radius 2 is 2.43 bits per heavy atom. The zero-order valence-electron chi connectivity index (χ0n) is 3.21. The summed E-state index contributed by atoms with van der Waals surface area (Å²) in [5, 5.41) is 10.2. The van der Waals surface area contributed by atoms with Crippen LogP contribution in [0.3, 0.4) is 0 Å². The van der Waals surface area contributed by atoms with Crippen molar-refractivity contribution in [3.63, 3.8) is 0 Å². The molecule has 0 unspecified atom stereocenters. The van der Waals surface area contributed by atoms with Gasteiger partial charge in [0.2, 0.25) is 0 Å². The fraction of sp³-hybridized carbons (Fsp3) is 0.